The fourth-order valence-corrected chi connectivity index (χ4v) is 0.590. The summed E-state index contributed by atoms with van der Waals surface area (Å²) >= 11 is 0. The molecule has 4 heteroatoms. The number of carbonyl (C=O) groups excluding carboxylic acids is 1. The lowest BCUT2D eigenvalue weighted by Gasteiger charge is -2.00. The highest BCUT2D eigenvalue weighted by Crippen LogP contribution is 2.01. The van der Waals surface area contributed by atoms with Gasteiger partial charge in [0, 0.05) is 5.71 Å². The molecule has 0 rings (SSSR count). The molecule has 0 spiro atoms. The van der Waals surface area contributed by atoms with Gasteiger partial charge in [-0.25, -0.2) is 0 Å². The van der Waals surface area contributed by atoms with E-state index in [0.717, 1.165) is 0 Å². The number of nitrogens with zero attached hydrogens (tertiary/aromatic N) is 2. The standard InChI is InChI=1S/C7H7N3O/c1-5(10)6(4-9)7(11)2-3-8/h6,10H,2H2,1H3. The summed E-state index contributed by atoms with van der Waals surface area (Å²) < 4.78 is 0. The minimum atomic E-state index is -1.03. The Morgan fingerprint density at radius 2 is 2.18 bits per heavy atom. The van der Waals surface area contributed by atoms with Crippen LogP contribution >= 0.6 is 0 Å². The first-order chi connectivity index (χ1) is 5.13. The molecule has 0 aromatic carbocycles. The van der Waals surface area contributed by atoms with E-state index in [1.807, 2.05) is 0 Å². The van der Waals surface area contributed by atoms with Gasteiger partial charge >= 0.3 is 0 Å². The first kappa shape index (κ1) is 9.32. The van der Waals surface area contributed by atoms with Crippen LogP contribution in [0.2, 0.25) is 0 Å². The van der Waals surface area contributed by atoms with Crippen molar-refractivity contribution in [1.29, 1.82) is 15.9 Å². The van der Waals surface area contributed by atoms with E-state index in [9.17, 15) is 4.79 Å². The zero-order chi connectivity index (χ0) is 8.85. The molecule has 0 saturated carbocycles. The number of nitrogens with one attached hydrogen (secondary N) is 1. The van der Waals surface area contributed by atoms with E-state index in [4.69, 9.17) is 15.9 Å². The largest absolute Gasteiger partial charge is 0.308 e. The van der Waals surface area contributed by atoms with Gasteiger partial charge < -0.3 is 5.41 Å². The lowest BCUT2D eigenvalue weighted by molar-refractivity contribution is -0.118. The Bertz CT molecular complexity index is 256. The smallest absolute Gasteiger partial charge is 0.169 e. The molecule has 0 aliphatic heterocycles. The molecule has 0 amide bonds. The van der Waals surface area contributed by atoms with Gasteiger partial charge in [0.2, 0.25) is 0 Å². The minimum Gasteiger partial charge on any atom is -0.308 e. The molecule has 0 bridgehead atoms. The van der Waals surface area contributed by atoms with Crippen LogP contribution in [-0.4, -0.2) is 11.5 Å². The van der Waals surface area contributed by atoms with E-state index in [1.165, 1.54) is 6.92 Å². The molecular weight excluding hydrogens is 142 g/mol. The summed E-state index contributed by atoms with van der Waals surface area (Å²) in [5.74, 6) is -1.53. The van der Waals surface area contributed by atoms with Crippen LogP contribution < -0.4 is 0 Å². The van der Waals surface area contributed by atoms with Crippen molar-refractivity contribution in [3.8, 4) is 12.1 Å². The molecule has 0 heterocycles. The van der Waals surface area contributed by atoms with Crippen LogP contribution in [0, 0.1) is 34.0 Å². The quantitative estimate of drug-likeness (QED) is 0.597. The normalized spacial score (nSPS) is 10.8. The van der Waals surface area contributed by atoms with Crippen LogP contribution in [0.25, 0.3) is 0 Å². The van der Waals surface area contributed by atoms with Crippen molar-refractivity contribution < 1.29 is 4.79 Å². The molecule has 0 aliphatic rings. The molecule has 4 nitrogen and oxygen atoms in total. The lowest BCUT2D eigenvalue weighted by atomic mass is 9.99. The highest BCUT2D eigenvalue weighted by Gasteiger charge is 2.18. The van der Waals surface area contributed by atoms with Gasteiger partial charge in [-0.2, -0.15) is 10.5 Å². The van der Waals surface area contributed by atoms with E-state index >= 15 is 0 Å². The van der Waals surface area contributed by atoms with E-state index in [-0.39, 0.29) is 12.1 Å². The predicted molar refractivity (Wildman–Crippen MR) is 37.7 cm³/mol. The summed E-state index contributed by atoms with van der Waals surface area (Å²) in [6, 6.07) is 3.30. The van der Waals surface area contributed by atoms with Crippen molar-refractivity contribution >= 4 is 11.5 Å². The molecule has 1 N–H and O–H groups in total. The van der Waals surface area contributed by atoms with Gasteiger partial charge in [0.15, 0.2) is 5.78 Å². The summed E-state index contributed by atoms with van der Waals surface area (Å²) in [7, 11) is 0. The highest BCUT2D eigenvalue weighted by molar-refractivity contribution is 6.05. The van der Waals surface area contributed by atoms with Crippen LogP contribution in [-0.2, 0) is 4.79 Å². The van der Waals surface area contributed by atoms with Crippen LogP contribution in [0.5, 0.6) is 0 Å². The molecule has 0 aliphatic carbocycles. The fraction of sp³-hybridized carbons (Fsp3) is 0.429. The van der Waals surface area contributed by atoms with Crippen molar-refractivity contribution in [2.75, 3.05) is 0 Å². The summed E-state index contributed by atoms with van der Waals surface area (Å²) in [5.41, 5.74) is -0.00671. The third kappa shape index (κ3) is 2.59. The third-order valence-corrected chi connectivity index (χ3v) is 1.14. The van der Waals surface area contributed by atoms with Crippen LogP contribution in [0.3, 0.4) is 0 Å². The van der Waals surface area contributed by atoms with Gasteiger partial charge in [0.05, 0.1) is 18.6 Å². The highest BCUT2D eigenvalue weighted by atomic mass is 16.1. The molecule has 1 atom stereocenters. The molecule has 56 valence electrons. The van der Waals surface area contributed by atoms with Crippen molar-refractivity contribution in [3.05, 3.63) is 0 Å². The molecule has 0 radical (unpaired) electrons. The van der Waals surface area contributed by atoms with Crippen LogP contribution in [0.15, 0.2) is 0 Å². The number of ketones is 1. The number of nitriles is 2. The first-order valence-corrected chi connectivity index (χ1v) is 2.97. The van der Waals surface area contributed by atoms with Crippen molar-refractivity contribution in [3.63, 3.8) is 0 Å². The Morgan fingerprint density at radius 3 is 2.45 bits per heavy atom. The molecule has 0 aromatic rings. The summed E-state index contributed by atoms with van der Waals surface area (Å²) in [5, 5.41) is 23.5. The first-order valence-electron chi connectivity index (χ1n) is 2.97. The average Bonchev–Trinajstić information content (AvgIpc) is 1.88. The van der Waals surface area contributed by atoms with E-state index in [1.54, 1.807) is 12.1 Å². The Morgan fingerprint density at radius 1 is 1.64 bits per heavy atom. The molecular formula is C7H7N3O. The Labute approximate surface area is 64.6 Å². The SMILES string of the molecule is CC(=N)C(C#N)C(=O)CC#N. The average molecular weight is 149 g/mol. The third-order valence-electron chi connectivity index (χ3n) is 1.14. The van der Waals surface area contributed by atoms with Gasteiger partial charge in [-0.1, -0.05) is 0 Å². The van der Waals surface area contributed by atoms with Crippen molar-refractivity contribution in [2.45, 2.75) is 13.3 Å². The van der Waals surface area contributed by atoms with E-state index < -0.39 is 11.7 Å². The molecule has 0 fully saturated rings. The summed E-state index contributed by atoms with van der Waals surface area (Å²) in [6.45, 7) is 1.38. The Hall–Kier alpha value is -1.68. The Balaban J connectivity index is 4.33. The monoisotopic (exact) mass is 149 g/mol. The predicted octanol–water partition coefficient (Wildman–Crippen LogP) is 0.649. The molecule has 11 heavy (non-hydrogen) atoms. The topological polar surface area (TPSA) is 88.5 Å². The van der Waals surface area contributed by atoms with Crippen LogP contribution in [0.4, 0.5) is 0 Å². The van der Waals surface area contributed by atoms with E-state index in [2.05, 4.69) is 0 Å². The molecule has 0 saturated heterocycles. The van der Waals surface area contributed by atoms with Gasteiger partial charge in [-0.15, -0.1) is 0 Å². The van der Waals surface area contributed by atoms with Crippen molar-refractivity contribution in [1.82, 2.24) is 0 Å². The van der Waals surface area contributed by atoms with E-state index in [0.29, 0.717) is 0 Å². The second kappa shape index (κ2) is 4.19. The number of rotatable bonds is 3. The van der Waals surface area contributed by atoms with Gasteiger partial charge in [-0.3, -0.25) is 4.79 Å². The maximum Gasteiger partial charge on any atom is 0.169 e. The number of Topliss-reactive ketones (excluding diaryl/α,β-unsaturated/α-hetero) is 1. The summed E-state index contributed by atoms with van der Waals surface area (Å²) in [6.07, 6.45) is -0.297. The molecule has 1 unspecified atom stereocenters. The second-order valence-electron chi connectivity index (χ2n) is 2.05. The Kier molecular flexibility index (Phi) is 3.55. The zero-order valence-electron chi connectivity index (χ0n) is 6.09. The maximum atomic E-state index is 10.8. The second-order valence-corrected chi connectivity index (χ2v) is 2.05. The molecule has 0 aromatic heterocycles. The lowest BCUT2D eigenvalue weighted by Crippen LogP contribution is -2.18. The number of carbonyl (C=O) groups is 1. The zero-order valence-corrected chi connectivity index (χ0v) is 6.09. The number of hydrogen-bond donors (Lipinski definition) is 1. The maximum absolute atomic E-state index is 10.8. The minimum absolute atomic E-state index is 0.00671. The van der Waals surface area contributed by atoms with Crippen LogP contribution in [0.1, 0.15) is 13.3 Å². The van der Waals surface area contributed by atoms with Gasteiger partial charge in [-0.05, 0) is 6.92 Å². The van der Waals surface area contributed by atoms with Crippen molar-refractivity contribution in [2.24, 2.45) is 5.92 Å². The number of hydrogen-bond acceptors (Lipinski definition) is 4. The van der Waals surface area contributed by atoms with Gasteiger partial charge in [0.25, 0.3) is 0 Å². The summed E-state index contributed by atoms with van der Waals surface area (Å²) in [4.78, 5) is 10.8. The van der Waals surface area contributed by atoms with Gasteiger partial charge in [0.1, 0.15) is 5.92 Å². The fourth-order valence-electron chi connectivity index (χ4n) is 0.590.